The molecule has 0 saturated heterocycles. The highest BCUT2D eigenvalue weighted by Crippen LogP contribution is 2.06. The molecule has 0 spiro atoms. The molecule has 0 aromatic carbocycles. The zero-order valence-corrected chi connectivity index (χ0v) is 6.59. The molecule has 3 heteroatoms. The van der Waals surface area contributed by atoms with Gasteiger partial charge < -0.3 is 16.9 Å². The molecule has 0 amide bonds. The van der Waals surface area contributed by atoms with Gasteiger partial charge in [0, 0.05) is 23.7 Å². The Labute approximate surface area is 66.6 Å². The summed E-state index contributed by atoms with van der Waals surface area (Å²) in [5.74, 6) is 0. The lowest BCUT2D eigenvalue weighted by atomic mass is 10.1. The normalized spacial score (nSPS) is 13.7. The van der Waals surface area contributed by atoms with Gasteiger partial charge in [0.2, 0.25) is 0 Å². The largest absolute Gasteiger partial charge is 0.404 e. The highest BCUT2D eigenvalue weighted by atomic mass is 14.6. The summed E-state index contributed by atoms with van der Waals surface area (Å²) in [6.07, 6.45) is 4.04. The Bertz CT molecular complexity index is 223. The third kappa shape index (κ3) is 2.29. The topological polar surface area (TPSA) is 75.9 Å². The van der Waals surface area contributed by atoms with Crippen molar-refractivity contribution in [3.8, 4) is 0 Å². The Morgan fingerprint density at radius 2 is 2.09 bits per heavy atom. The van der Waals surface area contributed by atoms with Gasteiger partial charge in [0.1, 0.15) is 0 Å². The highest BCUT2D eigenvalue weighted by molar-refractivity contribution is 5.82. The van der Waals surface area contributed by atoms with Gasteiger partial charge in [-0.15, -0.1) is 0 Å². The fourth-order valence-electron chi connectivity index (χ4n) is 0.553. The van der Waals surface area contributed by atoms with E-state index in [1.54, 1.807) is 6.08 Å². The van der Waals surface area contributed by atoms with Gasteiger partial charge in [0.05, 0.1) is 0 Å². The van der Waals surface area contributed by atoms with Gasteiger partial charge in [0.25, 0.3) is 0 Å². The molecular formula is C8H13N3. The Kier molecular flexibility index (Phi) is 3.73. The van der Waals surface area contributed by atoms with Crippen molar-refractivity contribution in [2.24, 2.45) is 11.5 Å². The van der Waals surface area contributed by atoms with E-state index < -0.39 is 0 Å². The minimum Gasteiger partial charge on any atom is -0.404 e. The van der Waals surface area contributed by atoms with Gasteiger partial charge in [0.15, 0.2) is 0 Å². The molecule has 0 rings (SSSR count). The van der Waals surface area contributed by atoms with Gasteiger partial charge in [-0.1, -0.05) is 12.7 Å². The van der Waals surface area contributed by atoms with E-state index in [0.717, 1.165) is 11.8 Å². The van der Waals surface area contributed by atoms with Crippen molar-refractivity contribution in [3.63, 3.8) is 0 Å². The predicted octanol–water partition coefficient (Wildman–Crippen LogP) is 0.897. The average Bonchev–Trinajstić information content (AvgIpc) is 2.05. The first kappa shape index (κ1) is 9.49. The molecule has 0 aliphatic heterocycles. The van der Waals surface area contributed by atoms with Gasteiger partial charge in [-0.25, -0.2) is 0 Å². The lowest BCUT2D eigenvalue weighted by Crippen LogP contribution is -2.06. The van der Waals surface area contributed by atoms with Gasteiger partial charge in [-0.3, -0.25) is 0 Å². The van der Waals surface area contributed by atoms with Crippen LogP contribution >= 0.6 is 0 Å². The van der Waals surface area contributed by atoms with Crippen molar-refractivity contribution in [2.45, 2.75) is 6.92 Å². The van der Waals surface area contributed by atoms with Gasteiger partial charge in [-0.2, -0.15) is 0 Å². The minimum absolute atomic E-state index is 0.498. The molecule has 0 aliphatic rings. The van der Waals surface area contributed by atoms with Crippen molar-refractivity contribution < 1.29 is 0 Å². The molecule has 0 aromatic rings. The third-order valence-electron chi connectivity index (χ3n) is 1.38. The first-order chi connectivity index (χ1) is 5.17. The molecule has 0 bridgehead atoms. The Hall–Kier alpha value is -1.51. The van der Waals surface area contributed by atoms with Gasteiger partial charge in [-0.05, 0) is 12.5 Å². The van der Waals surface area contributed by atoms with E-state index >= 15 is 0 Å². The summed E-state index contributed by atoms with van der Waals surface area (Å²) in [7, 11) is 0. The van der Waals surface area contributed by atoms with Crippen LogP contribution in [0.1, 0.15) is 6.92 Å². The van der Waals surface area contributed by atoms with E-state index in [4.69, 9.17) is 16.9 Å². The second-order valence-electron chi connectivity index (χ2n) is 2.07. The summed E-state index contributed by atoms with van der Waals surface area (Å²) in [5.41, 5.74) is 12.7. The molecule has 0 radical (unpaired) electrons. The highest BCUT2D eigenvalue weighted by Gasteiger charge is 1.97. The average molecular weight is 151 g/mol. The van der Waals surface area contributed by atoms with E-state index in [2.05, 4.69) is 6.58 Å². The number of nitrogens with one attached hydrogen (secondary N) is 1. The fraction of sp³-hybridized carbons (Fsp3) is 0.125. The van der Waals surface area contributed by atoms with Crippen LogP contribution in [0.5, 0.6) is 0 Å². The fourth-order valence-corrected chi connectivity index (χ4v) is 0.553. The van der Waals surface area contributed by atoms with E-state index in [1.807, 2.05) is 6.92 Å². The number of hydrogen-bond acceptors (Lipinski definition) is 3. The van der Waals surface area contributed by atoms with Crippen molar-refractivity contribution in [1.29, 1.82) is 5.41 Å². The van der Waals surface area contributed by atoms with Crippen LogP contribution in [0.3, 0.4) is 0 Å². The maximum atomic E-state index is 6.94. The summed E-state index contributed by atoms with van der Waals surface area (Å²) in [5, 5.41) is 6.94. The second kappa shape index (κ2) is 4.33. The first-order valence-corrected chi connectivity index (χ1v) is 3.18. The van der Waals surface area contributed by atoms with Crippen LogP contribution in [-0.4, -0.2) is 6.21 Å². The molecule has 0 fully saturated rings. The quantitative estimate of drug-likeness (QED) is 0.414. The Morgan fingerprint density at radius 1 is 1.55 bits per heavy atom. The van der Waals surface area contributed by atoms with Crippen molar-refractivity contribution in [3.05, 3.63) is 35.7 Å². The summed E-state index contributed by atoms with van der Waals surface area (Å²) in [6.45, 7) is 5.37. The second-order valence-corrected chi connectivity index (χ2v) is 2.07. The van der Waals surface area contributed by atoms with E-state index in [-0.39, 0.29) is 0 Å². The maximum absolute atomic E-state index is 6.94. The predicted molar refractivity (Wildman–Crippen MR) is 48.1 cm³/mol. The van der Waals surface area contributed by atoms with E-state index in [1.165, 1.54) is 6.20 Å². The SMILES string of the molecule is C=C/C(C)=C(N)\C(C=N)=C\N. The van der Waals surface area contributed by atoms with Crippen LogP contribution in [0, 0.1) is 5.41 Å². The van der Waals surface area contributed by atoms with Crippen LogP contribution in [-0.2, 0) is 0 Å². The van der Waals surface area contributed by atoms with E-state index in [0.29, 0.717) is 11.3 Å². The smallest absolute Gasteiger partial charge is 0.0447 e. The van der Waals surface area contributed by atoms with Crippen LogP contribution in [0.2, 0.25) is 0 Å². The van der Waals surface area contributed by atoms with Crippen LogP contribution < -0.4 is 11.5 Å². The van der Waals surface area contributed by atoms with Crippen molar-refractivity contribution in [2.75, 3.05) is 0 Å². The van der Waals surface area contributed by atoms with Crippen LogP contribution in [0.15, 0.2) is 35.7 Å². The number of hydrogen-bond donors (Lipinski definition) is 3. The number of allylic oxidation sites excluding steroid dienone is 3. The molecular weight excluding hydrogens is 138 g/mol. The molecule has 0 atom stereocenters. The summed E-state index contributed by atoms with van der Waals surface area (Å²) >= 11 is 0. The monoisotopic (exact) mass is 151 g/mol. The molecule has 3 nitrogen and oxygen atoms in total. The third-order valence-corrected chi connectivity index (χ3v) is 1.38. The standard InChI is InChI=1S/C8H13N3/c1-3-6(2)8(11)7(4-9)5-10/h3-5,9H,1,10-11H2,2H3/b7-5+,8-6+,9-4?. The number of rotatable bonds is 3. The van der Waals surface area contributed by atoms with Gasteiger partial charge >= 0.3 is 0 Å². The lowest BCUT2D eigenvalue weighted by molar-refractivity contribution is 1.28. The lowest BCUT2D eigenvalue weighted by Gasteiger charge is -2.02. The maximum Gasteiger partial charge on any atom is 0.0447 e. The van der Waals surface area contributed by atoms with Crippen LogP contribution in [0.4, 0.5) is 0 Å². The Balaban J connectivity index is 4.85. The molecule has 0 heterocycles. The molecule has 5 N–H and O–H groups in total. The molecule has 0 aromatic heterocycles. The Morgan fingerprint density at radius 3 is 2.36 bits per heavy atom. The van der Waals surface area contributed by atoms with Crippen molar-refractivity contribution in [1.82, 2.24) is 0 Å². The molecule has 0 unspecified atom stereocenters. The summed E-state index contributed by atoms with van der Waals surface area (Å²) < 4.78 is 0. The molecule has 0 aliphatic carbocycles. The van der Waals surface area contributed by atoms with Crippen molar-refractivity contribution >= 4 is 6.21 Å². The minimum atomic E-state index is 0.498. The zero-order chi connectivity index (χ0) is 8.85. The molecule has 60 valence electrons. The van der Waals surface area contributed by atoms with Crippen LogP contribution in [0.25, 0.3) is 0 Å². The number of nitrogens with two attached hydrogens (primary N) is 2. The molecule has 0 saturated carbocycles. The molecule has 11 heavy (non-hydrogen) atoms. The summed E-state index contributed by atoms with van der Waals surface area (Å²) in [4.78, 5) is 0. The first-order valence-electron chi connectivity index (χ1n) is 3.18. The van der Waals surface area contributed by atoms with E-state index in [9.17, 15) is 0 Å². The zero-order valence-electron chi connectivity index (χ0n) is 6.59. The summed E-state index contributed by atoms with van der Waals surface area (Å²) in [6, 6.07) is 0.